The highest BCUT2D eigenvalue weighted by Gasteiger charge is 2.31. The third-order valence-corrected chi connectivity index (χ3v) is 5.91. The van der Waals surface area contributed by atoms with E-state index in [1.165, 1.54) is 6.07 Å². The van der Waals surface area contributed by atoms with Gasteiger partial charge in [-0.25, -0.2) is 4.98 Å². The van der Waals surface area contributed by atoms with Gasteiger partial charge in [0, 0.05) is 42.3 Å². The Morgan fingerprint density at radius 3 is 2.66 bits per heavy atom. The number of aromatic nitrogens is 2. The summed E-state index contributed by atoms with van der Waals surface area (Å²) in [7, 11) is 1.98. The molecule has 2 heterocycles. The number of phenols is 2. The topological polar surface area (TPSA) is 78.6 Å². The first-order chi connectivity index (χ1) is 13.8. The van der Waals surface area contributed by atoms with Crippen LogP contribution in [0, 0.1) is 6.92 Å². The largest absolute Gasteiger partial charge is 0.507 e. The van der Waals surface area contributed by atoms with Crippen LogP contribution in [-0.4, -0.2) is 31.7 Å². The molecule has 1 aromatic heterocycles. The van der Waals surface area contributed by atoms with E-state index < -0.39 is 0 Å². The summed E-state index contributed by atoms with van der Waals surface area (Å²) >= 11 is 5.97. The van der Waals surface area contributed by atoms with Crippen molar-refractivity contribution in [2.24, 2.45) is 7.05 Å². The number of aryl methyl sites for hydroxylation is 2. The fourth-order valence-electron chi connectivity index (χ4n) is 3.82. The van der Waals surface area contributed by atoms with Crippen molar-refractivity contribution in [1.29, 1.82) is 0 Å². The number of rotatable bonds is 2. The van der Waals surface area contributed by atoms with Crippen molar-refractivity contribution in [3.8, 4) is 22.9 Å². The summed E-state index contributed by atoms with van der Waals surface area (Å²) in [4.78, 5) is 19.5. The summed E-state index contributed by atoms with van der Waals surface area (Å²) < 4.78 is 2.03. The van der Waals surface area contributed by atoms with Crippen LogP contribution in [0.3, 0.4) is 0 Å². The van der Waals surface area contributed by atoms with Gasteiger partial charge in [-0.3, -0.25) is 4.79 Å². The van der Waals surface area contributed by atoms with E-state index in [9.17, 15) is 15.0 Å². The smallest absolute Gasteiger partial charge is 0.262 e. The summed E-state index contributed by atoms with van der Waals surface area (Å²) in [6.07, 6.45) is 3.48. The molecule has 6 nitrogen and oxygen atoms in total. The van der Waals surface area contributed by atoms with Crippen LogP contribution in [0.1, 0.15) is 35.0 Å². The normalized spacial score (nSPS) is 16.0. The van der Waals surface area contributed by atoms with Crippen molar-refractivity contribution in [3.05, 3.63) is 58.4 Å². The highest BCUT2D eigenvalue weighted by Crippen LogP contribution is 2.37. The highest BCUT2D eigenvalue weighted by atomic mass is 35.5. The van der Waals surface area contributed by atoms with Gasteiger partial charge in [0.2, 0.25) is 0 Å². The molecule has 0 aliphatic carbocycles. The molecule has 1 atom stereocenters. The van der Waals surface area contributed by atoms with E-state index in [4.69, 9.17) is 11.6 Å². The SMILES string of the molecule is Cc1cnc(-c2ccc3c(c2)CCC(C)N3C(=O)c2cc(Cl)c(O)cc2O)n1C. The lowest BCUT2D eigenvalue weighted by atomic mass is 9.94. The molecule has 3 aromatic rings. The van der Waals surface area contributed by atoms with Gasteiger partial charge in [-0.1, -0.05) is 11.6 Å². The molecule has 1 aliphatic rings. The summed E-state index contributed by atoms with van der Waals surface area (Å²) in [5.74, 6) is -0.0256. The maximum Gasteiger partial charge on any atom is 0.262 e. The first kappa shape index (κ1) is 19.3. The van der Waals surface area contributed by atoms with Gasteiger partial charge in [0.05, 0.1) is 10.6 Å². The van der Waals surface area contributed by atoms with Gasteiger partial charge in [-0.05, 0) is 56.5 Å². The Labute approximate surface area is 174 Å². The third kappa shape index (κ3) is 3.23. The molecule has 7 heteroatoms. The standard InChI is InChI=1S/C22H22ClN3O3/c1-12-4-5-14-8-15(21-24-11-13(2)25(21)3)6-7-18(14)26(12)22(29)16-9-17(23)20(28)10-19(16)27/h6-12,27-28H,4-5H2,1-3H3. The van der Waals surface area contributed by atoms with Gasteiger partial charge < -0.3 is 19.7 Å². The Balaban J connectivity index is 1.76. The number of phenolic OH excluding ortho intramolecular Hbond substituents is 2. The molecule has 2 N–H and O–H groups in total. The van der Waals surface area contributed by atoms with Gasteiger partial charge in [-0.15, -0.1) is 0 Å². The van der Waals surface area contributed by atoms with E-state index in [-0.39, 0.29) is 34.0 Å². The minimum Gasteiger partial charge on any atom is -0.507 e. The van der Waals surface area contributed by atoms with Gasteiger partial charge in [0.1, 0.15) is 17.3 Å². The molecule has 29 heavy (non-hydrogen) atoms. The van der Waals surface area contributed by atoms with Crippen molar-refractivity contribution in [3.63, 3.8) is 0 Å². The number of benzene rings is 2. The fraction of sp³-hybridized carbons (Fsp3) is 0.273. The van der Waals surface area contributed by atoms with Gasteiger partial charge >= 0.3 is 0 Å². The molecule has 0 radical (unpaired) electrons. The van der Waals surface area contributed by atoms with Crippen molar-refractivity contribution in [1.82, 2.24) is 9.55 Å². The minimum absolute atomic E-state index is 0.0246. The second-order valence-corrected chi connectivity index (χ2v) is 7.92. The maximum atomic E-state index is 13.3. The first-order valence-corrected chi connectivity index (χ1v) is 9.82. The summed E-state index contributed by atoms with van der Waals surface area (Å²) in [6, 6.07) is 8.33. The zero-order valence-electron chi connectivity index (χ0n) is 16.5. The minimum atomic E-state index is -0.349. The lowest BCUT2D eigenvalue weighted by Crippen LogP contribution is -2.42. The lowest BCUT2D eigenvalue weighted by Gasteiger charge is -2.35. The Bertz CT molecular complexity index is 1120. The van der Waals surface area contributed by atoms with E-state index in [1.54, 1.807) is 4.90 Å². The summed E-state index contributed by atoms with van der Waals surface area (Å²) in [5.41, 5.74) is 4.00. The van der Waals surface area contributed by atoms with Crippen LogP contribution in [0.25, 0.3) is 11.4 Å². The number of carbonyl (C=O) groups is 1. The van der Waals surface area contributed by atoms with E-state index >= 15 is 0 Å². The number of fused-ring (bicyclic) bond motifs is 1. The van der Waals surface area contributed by atoms with Crippen LogP contribution in [0.15, 0.2) is 36.5 Å². The number of anilines is 1. The number of carbonyl (C=O) groups excluding carboxylic acids is 1. The van der Waals surface area contributed by atoms with E-state index in [0.29, 0.717) is 0 Å². The molecular weight excluding hydrogens is 390 g/mol. The first-order valence-electron chi connectivity index (χ1n) is 9.44. The third-order valence-electron chi connectivity index (χ3n) is 5.60. The highest BCUT2D eigenvalue weighted by molar-refractivity contribution is 6.32. The van der Waals surface area contributed by atoms with Crippen LogP contribution in [0.2, 0.25) is 5.02 Å². The molecule has 1 aliphatic heterocycles. The van der Waals surface area contributed by atoms with Gasteiger partial charge in [0.25, 0.3) is 5.91 Å². The monoisotopic (exact) mass is 411 g/mol. The average Bonchev–Trinajstić information content (AvgIpc) is 3.02. The van der Waals surface area contributed by atoms with E-state index in [0.717, 1.165) is 47.2 Å². The van der Waals surface area contributed by atoms with Crippen LogP contribution in [-0.2, 0) is 13.5 Å². The van der Waals surface area contributed by atoms with Crippen LogP contribution in [0.4, 0.5) is 5.69 Å². The number of nitrogens with zero attached hydrogens (tertiary/aromatic N) is 3. The molecule has 2 aromatic carbocycles. The van der Waals surface area contributed by atoms with Crippen molar-refractivity contribution >= 4 is 23.2 Å². The summed E-state index contributed by atoms with van der Waals surface area (Å²) in [5, 5.41) is 19.9. The molecule has 0 bridgehead atoms. The number of hydrogen-bond acceptors (Lipinski definition) is 4. The second-order valence-electron chi connectivity index (χ2n) is 7.51. The zero-order valence-corrected chi connectivity index (χ0v) is 17.2. The fourth-order valence-corrected chi connectivity index (χ4v) is 3.98. The predicted octanol–water partition coefficient (Wildman–Crippen LogP) is 4.44. The molecular formula is C22H22ClN3O3. The van der Waals surface area contributed by atoms with Crippen molar-refractivity contribution in [2.45, 2.75) is 32.7 Å². The molecule has 0 fully saturated rings. The summed E-state index contributed by atoms with van der Waals surface area (Å²) in [6.45, 7) is 3.99. The van der Waals surface area contributed by atoms with Crippen LogP contribution >= 0.6 is 11.6 Å². The zero-order chi connectivity index (χ0) is 20.9. The Hall–Kier alpha value is -2.99. The Morgan fingerprint density at radius 1 is 1.21 bits per heavy atom. The number of hydrogen-bond donors (Lipinski definition) is 2. The number of halogens is 1. The molecule has 0 spiro atoms. The van der Waals surface area contributed by atoms with Crippen LogP contribution < -0.4 is 4.90 Å². The van der Waals surface area contributed by atoms with Crippen molar-refractivity contribution < 1.29 is 15.0 Å². The maximum absolute atomic E-state index is 13.3. The Morgan fingerprint density at radius 2 is 1.97 bits per heavy atom. The average molecular weight is 412 g/mol. The van der Waals surface area contributed by atoms with Gasteiger partial charge in [-0.2, -0.15) is 0 Å². The molecule has 1 unspecified atom stereocenters. The molecule has 4 rings (SSSR count). The number of amides is 1. The quantitative estimate of drug-likeness (QED) is 0.653. The lowest BCUT2D eigenvalue weighted by molar-refractivity contribution is 0.0972. The number of aromatic hydroxyl groups is 2. The number of imidazole rings is 1. The predicted molar refractivity (Wildman–Crippen MR) is 113 cm³/mol. The molecule has 1 amide bonds. The van der Waals surface area contributed by atoms with E-state index in [2.05, 4.69) is 11.1 Å². The molecule has 150 valence electrons. The van der Waals surface area contributed by atoms with Crippen molar-refractivity contribution in [2.75, 3.05) is 4.90 Å². The van der Waals surface area contributed by atoms with Crippen LogP contribution in [0.5, 0.6) is 11.5 Å². The molecule has 0 saturated heterocycles. The molecule has 0 saturated carbocycles. The van der Waals surface area contributed by atoms with Gasteiger partial charge in [0.15, 0.2) is 0 Å². The Kier molecular flexibility index (Phi) is 4.74. The second kappa shape index (κ2) is 7.12. The van der Waals surface area contributed by atoms with E-state index in [1.807, 2.05) is 43.8 Å².